The average Bonchev–Trinajstić information content (AvgIpc) is 2.80. The Kier molecular flexibility index (Phi) is 3.91. The Morgan fingerprint density at radius 2 is 2.38 bits per heavy atom. The van der Waals surface area contributed by atoms with Gasteiger partial charge in [0.25, 0.3) is 0 Å². The van der Waals surface area contributed by atoms with Gasteiger partial charge in [0.2, 0.25) is 0 Å². The van der Waals surface area contributed by atoms with Gasteiger partial charge in [-0.3, -0.25) is 0 Å². The maximum Gasteiger partial charge on any atom is 0.138 e. The second kappa shape index (κ2) is 5.41. The smallest absolute Gasteiger partial charge is 0.138 e. The molecule has 0 bridgehead atoms. The molecule has 1 aliphatic rings. The van der Waals surface area contributed by atoms with Crippen LogP contribution in [0.5, 0.6) is 11.5 Å². The van der Waals surface area contributed by atoms with Gasteiger partial charge in [-0.25, -0.2) is 0 Å². The standard InChI is InChI=1S/C12H16ClNO2/c1-15-10-2-3-12(11(13)6-10)16-8-9-4-5-14-7-9/h2-3,6,9,14H,4-5,7-8H2,1H3/t9-/m1/s1. The molecule has 1 N–H and O–H groups in total. The number of methoxy groups -OCH3 is 1. The van der Waals surface area contributed by atoms with Gasteiger partial charge in [0, 0.05) is 18.5 Å². The van der Waals surface area contributed by atoms with E-state index in [0.717, 1.165) is 31.2 Å². The molecule has 1 fully saturated rings. The van der Waals surface area contributed by atoms with Crippen LogP contribution in [-0.4, -0.2) is 26.8 Å². The topological polar surface area (TPSA) is 30.5 Å². The van der Waals surface area contributed by atoms with Gasteiger partial charge in [0.1, 0.15) is 11.5 Å². The highest BCUT2D eigenvalue weighted by Gasteiger charge is 2.15. The summed E-state index contributed by atoms with van der Waals surface area (Å²) >= 11 is 6.07. The van der Waals surface area contributed by atoms with Crippen LogP contribution in [0.1, 0.15) is 6.42 Å². The van der Waals surface area contributed by atoms with E-state index in [0.29, 0.717) is 10.9 Å². The van der Waals surface area contributed by atoms with Crippen LogP contribution in [0.3, 0.4) is 0 Å². The summed E-state index contributed by atoms with van der Waals surface area (Å²) in [6.45, 7) is 2.84. The summed E-state index contributed by atoms with van der Waals surface area (Å²) in [5.74, 6) is 2.08. The number of nitrogens with one attached hydrogen (secondary N) is 1. The fourth-order valence-corrected chi connectivity index (χ4v) is 2.02. The highest BCUT2D eigenvalue weighted by Crippen LogP contribution is 2.29. The van der Waals surface area contributed by atoms with Gasteiger partial charge < -0.3 is 14.8 Å². The van der Waals surface area contributed by atoms with Crippen molar-refractivity contribution in [1.82, 2.24) is 5.32 Å². The van der Waals surface area contributed by atoms with Crippen LogP contribution in [0.15, 0.2) is 18.2 Å². The van der Waals surface area contributed by atoms with Gasteiger partial charge in [0.15, 0.2) is 0 Å². The first kappa shape index (κ1) is 11.6. The van der Waals surface area contributed by atoms with E-state index in [1.54, 1.807) is 13.2 Å². The molecule has 1 saturated heterocycles. The summed E-state index contributed by atoms with van der Waals surface area (Å²) in [5, 5.41) is 3.91. The lowest BCUT2D eigenvalue weighted by atomic mass is 10.1. The Hall–Kier alpha value is -0.930. The van der Waals surface area contributed by atoms with Gasteiger partial charge in [-0.05, 0) is 25.1 Å². The van der Waals surface area contributed by atoms with Crippen LogP contribution in [-0.2, 0) is 0 Å². The van der Waals surface area contributed by atoms with Crippen molar-refractivity contribution in [3.8, 4) is 11.5 Å². The number of rotatable bonds is 4. The summed E-state index contributed by atoms with van der Waals surface area (Å²) < 4.78 is 10.8. The Morgan fingerprint density at radius 1 is 1.50 bits per heavy atom. The third-order valence-electron chi connectivity index (χ3n) is 2.78. The maximum atomic E-state index is 6.07. The fourth-order valence-electron chi connectivity index (χ4n) is 1.79. The van der Waals surface area contributed by atoms with E-state index in [-0.39, 0.29) is 0 Å². The molecule has 1 aliphatic heterocycles. The van der Waals surface area contributed by atoms with Crippen molar-refractivity contribution in [2.24, 2.45) is 5.92 Å². The Labute approximate surface area is 101 Å². The molecular formula is C12H16ClNO2. The van der Waals surface area contributed by atoms with E-state index < -0.39 is 0 Å². The molecule has 1 aromatic carbocycles. The SMILES string of the molecule is COc1ccc(OC[C@@H]2CCNC2)c(Cl)c1. The zero-order valence-corrected chi connectivity index (χ0v) is 10.1. The van der Waals surface area contributed by atoms with Crippen molar-refractivity contribution in [1.29, 1.82) is 0 Å². The van der Waals surface area contributed by atoms with Crippen molar-refractivity contribution in [2.75, 3.05) is 26.8 Å². The van der Waals surface area contributed by atoms with E-state index >= 15 is 0 Å². The molecular weight excluding hydrogens is 226 g/mol. The van der Waals surface area contributed by atoms with E-state index in [9.17, 15) is 0 Å². The van der Waals surface area contributed by atoms with Gasteiger partial charge in [-0.15, -0.1) is 0 Å². The van der Waals surface area contributed by atoms with Gasteiger partial charge in [0.05, 0.1) is 18.7 Å². The monoisotopic (exact) mass is 241 g/mol. The van der Waals surface area contributed by atoms with E-state index in [1.807, 2.05) is 12.1 Å². The van der Waals surface area contributed by atoms with E-state index in [4.69, 9.17) is 21.1 Å². The zero-order chi connectivity index (χ0) is 11.4. The lowest BCUT2D eigenvalue weighted by molar-refractivity contribution is 0.260. The third kappa shape index (κ3) is 2.80. The highest BCUT2D eigenvalue weighted by molar-refractivity contribution is 6.32. The summed E-state index contributed by atoms with van der Waals surface area (Å²) in [4.78, 5) is 0. The highest BCUT2D eigenvalue weighted by atomic mass is 35.5. The van der Waals surface area contributed by atoms with Crippen molar-refractivity contribution in [3.05, 3.63) is 23.2 Å². The molecule has 0 unspecified atom stereocenters. The summed E-state index contributed by atoms with van der Waals surface area (Å²) in [7, 11) is 1.62. The minimum absolute atomic E-state index is 0.596. The van der Waals surface area contributed by atoms with Crippen molar-refractivity contribution >= 4 is 11.6 Å². The average molecular weight is 242 g/mol. The Balaban J connectivity index is 1.93. The molecule has 16 heavy (non-hydrogen) atoms. The van der Waals surface area contributed by atoms with Crippen molar-refractivity contribution in [2.45, 2.75) is 6.42 Å². The molecule has 88 valence electrons. The Bertz CT molecular complexity index is 351. The van der Waals surface area contributed by atoms with Crippen LogP contribution in [0.4, 0.5) is 0 Å². The van der Waals surface area contributed by atoms with Gasteiger partial charge >= 0.3 is 0 Å². The first-order valence-electron chi connectivity index (χ1n) is 5.46. The van der Waals surface area contributed by atoms with E-state index in [1.165, 1.54) is 6.42 Å². The second-order valence-corrected chi connectivity index (χ2v) is 4.37. The molecule has 1 heterocycles. The lowest BCUT2D eigenvalue weighted by Gasteiger charge is -2.12. The molecule has 4 heteroatoms. The third-order valence-corrected chi connectivity index (χ3v) is 3.07. The van der Waals surface area contributed by atoms with Crippen molar-refractivity contribution < 1.29 is 9.47 Å². The molecule has 3 nitrogen and oxygen atoms in total. The zero-order valence-electron chi connectivity index (χ0n) is 9.33. The second-order valence-electron chi connectivity index (χ2n) is 3.97. The normalized spacial score (nSPS) is 19.8. The summed E-state index contributed by atoms with van der Waals surface area (Å²) in [6, 6.07) is 5.47. The minimum atomic E-state index is 0.596. The van der Waals surface area contributed by atoms with Crippen molar-refractivity contribution in [3.63, 3.8) is 0 Å². The molecule has 0 amide bonds. The maximum absolute atomic E-state index is 6.07. The number of halogens is 1. The lowest BCUT2D eigenvalue weighted by Crippen LogP contribution is -2.15. The number of benzene rings is 1. The fraction of sp³-hybridized carbons (Fsp3) is 0.500. The number of ether oxygens (including phenoxy) is 2. The summed E-state index contributed by atoms with van der Waals surface area (Å²) in [6.07, 6.45) is 1.17. The van der Waals surface area contributed by atoms with Crippen LogP contribution >= 0.6 is 11.6 Å². The van der Waals surface area contributed by atoms with Gasteiger partial charge in [-0.2, -0.15) is 0 Å². The quantitative estimate of drug-likeness (QED) is 0.878. The van der Waals surface area contributed by atoms with Crippen LogP contribution in [0, 0.1) is 5.92 Å². The molecule has 0 saturated carbocycles. The van der Waals surface area contributed by atoms with Crippen LogP contribution in [0.2, 0.25) is 5.02 Å². The van der Waals surface area contributed by atoms with E-state index in [2.05, 4.69) is 5.32 Å². The molecule has 0 aromatic heterocycles. The Morgan fingerprint density at radius 3 is 3.00 bits per heavy atom. The minimum Gasteiger partial charge on any atom is -0.497 e. The predicted molar refractivity (Wildman–Crippen MR) is 64.5 cm³/mol. The summed E-state index contributed by atoms with van der Waals surface area (Å²) in [5.41, 5.74) is 0. The molecule has 0 aliphatic carbocycles. The molecule has 0 spiro atoms. The predicted octanol–water partition coefficient (Wildman–Crippen LogP) is 2.34. The molecule has 1 atom stereocenters. The largest absolute Gasteiger partial charge is 0.497 e. The molecule has 2 rings (SSSR count). The first-order chi connectivity index (χ1) is 7.79. The van der Waals surface area contributed by atoms with Crippen LogP contribution < -0.4 is 14.8 Å². The van der Waals surface area contributed by atoms with Gasteiger partial charge in [-0.1, -0.05) is 11.6 Å². The number of hydrogen-bond donors (Lipinski definition) is 1. The molecule has 1 aromatic rings. The number of hydrogen-bond acceptors (Lipinski definition) is 3. The first-order valence-corrected chi connectivity index (χ1v) is 5.84. The molecule has 0 radical (unpaired) electrons. The van der Waals surface area contributed by atoms with Crippen LogP contribution in [0.25, 0.3) is 0 Å².